The highest BCUT2D eigenvalue weighted by Crippen LogP contribution is 2.37. The van der Waals surface area contributed by atoms with Crippen LogP contribution in [0.1, 0.15) is 65.6 Å². The van der Waals surface area contributed by atoms with Crippen molar-refractivity contribution in [3.8, 4) is 5.00 Å². The fourth-order valence-electron chi connectivity index (χ4n) is 4.36. The number of benzene rings is 2. The van der Waals surface area contributed by atoms with E-state index in [4.69, 9.17) is 16.6 Å². The molecule has 3 heterocycles. The lowest BCUT2D eigenvalue weighted by Gasteiger charge is -2.09. The average Bonchev–Trinajstić information content (AvgIpc) is 3.37. The molecule has 0 amide bonds. The molecule has 0 spiro atoms. The molecule has 4 aromatic rings. The minimum absolute atomic E-state index is 0.116. The smallest absolute Gasteiger partial charge is 0.162 e. The van der Waals surface area contributed by atoms with Gasteiger partial charge in [-0.15, -0.1) is 21.5 Å². The van der Waals surface area contributed by atoms with Crippen molar-refractivity contribution < 1.29 is 0 Å². The number of hydrogen-bond donors (Lipinski definition) is 0. The maximum atomic E-state index is 6.62. The summed E-state index contributed by atoms with van der Waals surface area (Å²) in [5, 5.41) is 10.6. The van der Waals surface area contributed by atoms with E-state index in [0.717, 1.165) is 46.3 Å². The third-order valence-electron chi connectivity index (χ3n) is 5.99. The summed E-state index contributed by atoms with van der Waals surface area (Å²) in [7, 11) is 0. The first-order chi connectivity index (χ1) is 16.4. The first-order valence-corrected chi connectivity index (χ1v) is 12.7. The fourth-order valence-corrected chi connectivity index (χ4v) is 5.80. The van der Waals surface area contributed by atoms with Crippen LogP contribution in [0.3, 0.4) is 0 Å². The van der Waals surface area contributed by atoms with Crippen molar-refractivity contribution in [3.63, 3.8) is 0 Å². The van der Waals surface area contributed by atoms with E-state index < -0.39 is 0 Å². The second-order valence-electron chi connectivity index (χ2n) is 8.97. The van der Waals surface area contributed by atoms with Gasteiger partial charge in [-0.3, -0.25) is 9.56 Å². The van der Waals surface area contributed by atoms with Gasteiger partial charge in [0.25, 0.3) is 0 Å². The lowest BCUT2D eigenvalue weighted by molar-refractivity contribution is 0.724. The predicted molar refractivity (Wildman–Crippen MR) is 143 cm³/mol. The fraction of sp³-hybridized carbons (Fsp3) is 0.250. The van der Waals surface area contributed by atoms with Crippen LogP contribution in [0.25, 0.3) is 11.1 Å². The molecule has 2 aromatic carbocycles. The van der Waals surface area contributed by atoms with Crippen molar-refractivity contribution in [2.75, 3.05) is 0 Å². The zero-order valence-electron chi connectivity index (χ0n) is 19.8. The summed E-state index contributed by atoms with van der Waals surface area (Å²) in [5.74, 6) is 1.74. The average molecular weight is 487 g/mol. The molecule has 1 unspecified atom stereocenters. The van der Waals surface area contributed by atoms with Crippen LogP contribution in [0, 0.1) is 6.92 Å². The van der Waals surface area contributed by atoms with Crippen molar-refractivity contribution in [2.45, 2.75) is 46.6 Å². The molecule has 1 aliphatic rings. The Bertz CT molecular complexity index is 1400. The van der Waals surface area contributed by atoms with Gasteiger partial charge in [0.05, 0.1) is 5.71 Å². The predicted octanol–water partition coefficient (Wildman–Crippen LogP) is 7.41. The van der Waals surface area contributed by atoms with Crippen LogP contribution in [-0.4, -0.2) is 20.5 Å². The maximum absolute atomic E-state index is 6.62. The number of rotatable bonds is 5. The van der Waals surface area contributed by atoms with Crippen LogP contribution in [0.5, 0.6) is 0 Å². The molecule has 172 valence electrons. The largest absolute Gasteiger partial charge is 0.273 e. The molecule has 6 heteroatoms. The molecule has 1 atom stereocenters. The van der Waals surface area contributed by atoms with Gasteiger partial charge in [-0.25, -0.2) is 0 Å². The number of halogens is 1. The summed E-state index contributed by atoms with van der Waals surface area (Å²) in [5.41, 5.74) is 6.86. The Morgan fingerprint density at radius 3 is 2.53 bits per heavy atom. The maximum Gasteiger partial charge on any atom is 0.162 e. The molecule has 1 aliphatic heterocycles. The SMILES string of the molecule is CC(C)=Cc1ccc(CCc2cc3c(s2)-n2c(C)nnc2C(C)N=C3c2ccccc2Cl)cc1. The van der Waals surface area contributed by atoms with E-state index in [1.54, 1.807) is 11.3 Å². The van der Waals surface area contributed by atoms with Gasteiger partial charge in [0.2, 0.25) is 0 Å². The summed E-state index contributed by atoms with van der Waals surface area (Å²) in [6.07, 6.45) is 4.15. The van der Waals surface area contributed by atoms with Crippen LogP contribution in [0.15, 0.2) is 65.2 Å². The Hall–Kier alpha value is -3.02. The molecule has 4 nitrogen and oxygen atoms in total. The zero-order valence-corrected chi connectivity index (χ0v) is 21.4. The monoisotopic (exact) mass is 486 g/mol. The molecule has 2 aromatic heterocycles. The number of hydrogen-bond acceptors (Lipinski definition) is 4. The molecule has 0 aliphatic carbocycles. The van der Waals surface area contributed by atoms with Crippen molar-refractivity contribution in [1.29, 1.82) is 0 Å². The second-order valence-corrected chi connectivity index (χ2v) is 10.5. The van der Waals surface area contributed by atoms with E-state index in [-0.39, 0.29) is 6.04 Å². The van der Waals surface area contributed by atoms with Crippen molar-refractivity contribution in [1.82, 2.24) is 14.8 Å². The summed E-state index contributed by atoms with van der Waals surface area (Å²) in [6.45, 7) is 8.31. The van der Waals surface area contributed by atoms with Crippen molar-refractivity contribution >= 4 is 34.7 Å². The highest BCUT2D eigenvalue weighted by Gasteiger charge is 2.28. The van der Waals surface area contributed by atoms with Crippen LogP contribution in [0.2, 0.25) is 5.02 Å². The Kier molecular flexibility index (Phi) is 6.24. The Morgan fingerprint density at radius 2 is 1.79 bits per heavy atom. The van der Waals surface area contributed by atoms with Gasteiger partial charge in [-0.1, -0.05) is 65.7 Å². The van der Waals surface area contributed by atoms with Crippen LogP contribution >= 0.6 is 22.9 Å². The highest BCUT2D eigenvalue weighted by atomic mass is 35.5. The summed E-state index contributed by atoms with van der Waals surface area (Å²) in [6, 6.07) is 18.9. The first kappa shape index (κ1) is 22.8. The van der Waals surface area contributed by atoms with E-state index in [1.807, 2.05) is 31.2 Å². The third kappa shape index (κ3) is 4.38. The quantitative estimate of drug-likeness (QED) is 0.294. The zero-order chi connectivity index (χ0) is 23.8. The lowest BCUT2D eigenvalue weighted by atomic mass is 10.0. The number of thiophene rings is 1. The van der Waals surface area contributed by atoms with E-state index in [1.165, 1.54) is 21.6 Å². The van der Waals surface area contributed by atoms with E-state index in [2.05, 4.69) is 71.9 Å². The molecule has 0 saturated heterocycles. The second kappa shape index (κ2) is 9.32. The Balaban J connectivity index is 1.51. The molecular formula is C28H27ClN4S. The van der Waals surface area contributed by atoms with E-state index in [0.29, 0.717) is 5.02 Å². The standard InChI is InChI=1S/C28H27ClN4S/c1-17(2)15-21-11-9-20(10-12-21)13-14-22-16-24-26(23-7-5-6-8-25(23)29)30-18(3)27-32-31-19(4)33(27)28(24)34-22/h5-12,15-16,18H,13-14H2,1-4H3. The van der Waals surface area contributed by atoms with Gasteiger partial charge in [-0.2, -0.15) is 0 Å². The molecule has 0 fully saturated rings. The molecule has 0 saturated carbocycles. The molecule has 34 heavy (non-hydrogen) atoms. The Morgan fingerprint density at radius 1 is 1.03 bits per heavy atom. The van der Waals surface area contributed by atoms with Gasteiger partial charge in [0, 0.05) is 21.0 Å². The number of allylic oxidation sites excluding steroid dienone is 1. The van der Waals surface area contributed by atoms with Crippen molar-refractivity contribution in [3.05, 3.63) is 104 Å². The van der Waals surface area contributed by atoms with Crippen LogP contribution in [-0.2, 0) is 12.8 Å². The summed E-state index contributed by atoms with van der Waals surface area (Å²) in [4.78, 5) is 6.39. The minimum atomic E-state index is -0.116. The molecule has 0 radical (unpaired) electrons. The van der Waals surface area contributed by atoms with Gasteiger partial charge < -0.3 is 0 Å². The Labute approximate surface area is 209 Å². The van der Waals surface area contributed by atoms with Crippen LogP contribution < -0.4 is 0 Å². The number of aromatic nitrogens is 3. The number of aliphatic imine (C=N–C) groups is 1. The third-order valence-corrected chi connectivity index (χ3v) is 7.50. The lowest BCUT2D eigenvalue weighted by Crippen LogP contribution is -2.05. The number of aryl methyl sites for hydroxylation is 3. The first-order valence-electron chi connectivity index (χ1n) is 11.5. The molecule has 0 bridgehead atoms. The number of fused-ring (bicyclic) bond motifs is 3. The normalized spacial score (nSPS) is 14.7. The molecule has 0 N–H and O–H groups in total. The number of nitrogens with zero attached hydrogens (tertiary/aromatic N) is 4. The summed E-state index contributed by atoms with van der Waals surface area (Å²) < 4.78 is 2.16. The van der Waals surface area contributed by atoms with Gasteiger partial charge in [-0.05, 0) is 63.8 Å². The summed E-state index contributed by atoms with van der Waals surface area (Å²) >= 11 is 8.41. The molecule has 5 rings (SSSR count). The highest BCUT2D eigenvalue weighted by molar-refractivity contribution is 7.15. The van der Waals surface area contributed by atoms with Gasteiger partial charge in [0.15, 0.2) is 5.82 Å². The van der Waals surface area contributed by atoms with Gasteiger partial charge >= 0.3 is 0 Å². The van der Waals surface area contributed by atoms with Crippen molar-refractivity contribution in [2.24, 2.45) is 4.99 Å². The van der Waals surface area contributed by atoms with Crippen LogP contribution in [0.4, 0.5) is 0 Å². The van der Waals surface area contributed by atoms with E-state index >= 15 is 0 Å². The topological polar surface area (TPSA) is 43.1 Å². The van der Waals surface area contributed by atoms with Gasteiger partial charge in [0.1, 0.15) is 16.9 Å². The van der Waals surface area contributed by atoms with E-state index in [9.17, 15) is 0 Å². The molecular weight excluding hydrogens is 460 g/mol. The minimum Gasteiger partial charge on any atom is -0.273 e.